The SMILES string of the molecule is OC[C@H]1O[C@H](Sc2cc(Cl)c(Cl)c(Cl)c2)[C@H](O)[C@@H](n2cc(-c3nccs3)nn2)[C@H]1O. The van der Waals surface area contributed by atoms with Crippen molar-refractivity contribution in [3.05, 3.63) is 45.0 Å². The predicted molar refractivity (Wildman–Crippen MR) is 115 cm³/mol. The van der Waals surface area contributed by atoms with Crippen LogP contribution in [0.5, 0.6) is 0 Å². The third kappa shape index (κ3) is 4.34. The third-order valence-electron chi connectivity index (χ3n) is 4.53. The molecule has 13 heteroatoms. The van der Waals surface area contributed by atoms with Crippen molar-refractivity contribution in [1.29, 1.82) is 0 Å². The van der Waals surface area contributed by atoms with E-state index in [4.69, 9.17) is 39.5 Å². The van der Waals surface area contributed by atoms with Gasteiger partial charge in [-0.2, -0.15) is 0 Å². The first-order valence-corrected chi connectivity index (χ1v) is 11.5. The number of hydrogen-bond acceptors (Lipinski definition) is 9. The highest BCUT2D eigenvalue weighted by molar-refractivity contribution is 7.99. The summed E-state index contributed by atoms with van der Waals surface area (Å²) in [6.45, 7) is -0.447. The Bertz CT molecular complexity index is 999. The molecule has 8 nitrogen and oxygen atoms in total. The number of aliphatic hydroxyl groups excluding tert-OH is 3. The lowest BCUT2D eigenvalue weighted by Gasteiger charge is -2.41. The fourth-order valence-corrected chi connectivity index (χ4v) is 5.53. The van der Waals surface area contributed by atoms with Gasteiger partial charge in [-0.3, -0.25) is 0 Å². The Morgan fingerprint density at radius 3 is 2.53 bits per heavy atom. The molecule has 5 atom stereocenters. The monoisotopic (exact) mass is 508 g/mol. The molecule has 0 unspecified atom stereocenters. The van der Waals surface area contributed by atoms with Crippen molar-refractivity contribution in [2.75, 3.05) is 6.61 Å². The zero-order valence-corrected chi connectivity index (χ0v) is 18.9. The van der Waals surface area contributed by atoms with Crippen LogP contribution in [0.1, 0.15) is 6.04 Å². The van der Waals surface area contributed by atoms with Crippen LogP contribution in [-0.4, -0.2) is 65.7 Å². The quantitative estimate of drug-likeness (QED) is 0.450. The molecule has 1 fully saturated rings. The summed E-state index contributed by atoms with van der Waals surface area (Å²) in [6.07, 6.45) is -0.111. The lowest BCUT2D eigenvalue weighted by atomic mass is 9.97. The Morgan fingerprint density at radius 2 is 1.90 bits per heavy atom. The van der Waals surface area contributed by atoms with Crippen molar-refractivity contribution in [1.82, 2.24) is 20.0 Å². The molecule has 3 aromatic rings. The molecule has 3 N–H and O–H groups in total. The second-order valence-corrected chi connectivity index (χ2v) is 9.70. The van der Waals surface area contributed by atoms with Gasteiger partial charge in [0.15, 0.2) is 0 Å². The topological polar surface area (TPSA) is 114 Å². The number of halogens is 3. The number of thioether (sulfide) groups is 1. The van der Waals surface area contributed by atoms with E-state index in [9.17, 15) is 15.3 Å². The summed E-state index contributed by atoms with van der Waals surface area (Å²) in [5.41, 5.74) is -0.340. The molecule has 0 spiro atoms. The summed E-state index contributed by atoms with van der Waals surface area (Å²) in [4.78, 5) is 4.79. The van der Waals surface area contributed by atoms with E-state index >= 15 is 0 Å². The van der Waals surface area contributed by atoms with Crippen molar-refractivity contribution in [2.45, 2.75) is 34.7 Å². The Morgan fingerprint density at radius 1 is 1.17 bits per heavy atom. The van der Waals surface area contributed by atoms with E-state index in [0.29, 0.717) is 15.6 Å². The Labute approximate surface area is 194 Å². The van der Waals surface area contributed by atoms with E-state index < -0.39 is 36.4 Å². The van der Waals surface area contributed by atoms with Gasteiger partial charge in [-0.05, 0) is 12.1 Å². The van der Waals surface area contributed by atoms with Crippen LogP contribution in [-0.2, 0) is 4.74 Å². The van der Waals surface area contributed by atoms with Crippen LogP contribution < -0.4 is 0 Å². The number of nitrogens with zero attached hydrogens (tertiary/aromatic N) is 4. The van der Waals surface area contributed by atoms with Crippen LogP contribution >= 0.6 is 57.9 Å². The largest absolute Gasteiger partial charge is 0.394 e. The second kappa shape index (κ2) is 9.27. The van der Waals surface area contributed by atoms with E-state index in [-0.39, 0.29) is 15.1 Å². The standard InChI is InChI=1S/C17H15Cl3N4O4S2/c18-8-3-7(4-9(19)12(8)20)30-17-15(27)13(14(26)11(6-25)28-17)24-5-10(22-23-24)16-21-1-2-29-16/h1-5,11,13-15,17,25-27H,6H2/t11-,13+,14+,15-,17-/m1/s1. The van der Waals surface area contributed by atoms with Gasteiger partial charge in [-0.1, -0.05) is 51.8 Å². The number of hydrogen-bond donors (Lipinski definition) is 3. The molecule has 0 aliphatic carbocycles. The van der Waals surface area contributed by atoms with Gasteiger partial charge in [0.2, 0.25) is 0 Å². The molecule has 0 bridgehead atoms. The highest BCUT2D eigenvalue weighted by atomic mass is 35.5. The first kappa shape index (κ1) is 22.3. The summed E-state index contributed by atoms with van der Waals surface area (Å²) < 4.78 is 7.09. The molecule has 1 saturated heterocycles. The summed E-state index contributed by atoms with van der Waals surface area (Å²) in [6, 6.07) is 2.29. The van der Waals surface area contributed by atoms with Crippen LogP contribution in [0.3, 0.4) is 0 Å². The smallest absolute Gasteiger partial charge is 0.145 e. The van der Waals surface area contributed by atoms with Gasteiger partial charge in [0.1, 0.15) is 40.5 Å². The highest BCUT2D eigenvalue weighted by Crippen LogP contribution is 2.41. The van der Waals surface area contributed by atoms with Gasteiger partial charge in [-0.15, -0.1) is 16.4 Å². The van der Waals surface area contributed by atoms with E-state index in [2.05, 4.69) is 15.3 Å². The van der Waals surface area contributed by atoms with E-state index in [0.717, 1.165) is 11.8 Å². The van der Waals surface area contributed by atoms with Crippen LogP contribution in [0.4, 0.5) is 0 Å². The molecule has 0 saturated carbocycles. The first-order chi connectivity index (χ1) is 14.4. The molecule has 0 radical (unpaired) electrons. The van der Waals surface area contributed by atoms with Crippen LogP contribution in [0.25, 0.3) is 10.7 Å². The van der Waals surface area contributed by atoms with Gasteiger partial charge in [-0.25, -0.2) is 9.67 Å². The summed E-state index contributed by atoms with van der Waals surface area (Å²) >= 11 is 20.7. The molecule has 3 heterocycles. The molecule has 1 aliphatic rings. The molecule has 1 aliphatic heterocycles. The van der Waals surface area contributed by atoms with Gasteiger partial charge in [0.25, 0.3) is 0 Å². The average molecular weight is 510 g/mol. The van der Waals surface area contributed by atoms with Gasteiger partial charge >= 0.3 is 0 Å². The number of thiazole rings is 1. The number of aliphatic hydroxyl groups is 3. The fourth-order valence-electron chi connectivity index (χ4n) is 3.08. The van der Waals surface area contributed by atoms with Gasteiger partial charge < -0.3 is 20.1 Å². The molecular formula is C17H15Cl3N4O4S2. The Balaban J connectivity index is 1.62. The van der Waals surface area contributed by atoms with Gasteiger partial charge in [0, 0.05) is 16.5 Å². The predicted octanol–water partition coefficient (Wildman–Crippen LogP) is 3.13. The Kier molecular flexibility index (Phi) is 6.88. The summed E-state index contributed by atoms with van der Waals surface area (Å²) in [7, 11) is 0. The van der Waals surface area contributed by atoms with Crippen LogP contribution in [0.15, 0.2) is 34.8 Å². The highest BCUT2D eigenvalue weighted by Gasteiger charge is 2.46. The molecule has 30 heavy (non-hydrogen) atoms. The lowest BCUT2D eigenvalue weighted by molar-refractivity contribution is -0.178. The number of aromatic nitrogens is 4. The third-order valence-corrected chi connectivity index (χ3v) is 7.65. The van der Waals surface area contributed by atoms with Crippen LogP contribution in [0.2, 0.25) is 15.1 Å². The van der Waals surface area contributed by atoms with Crippen LogP contribution in [0, 0.1) is 0 Å². The number of rotatable bonds is 5. The lowest BCUT2D eigenvalue weighted by Crippen LogP contribution is -2.55. The molecule has 2 aromatic heterocycles. The minimum atomic E-state index is -1.22. The molecule has 160 valence electrons. The molecule has 4 rings (SSSR count). The fraction of sp³-hybridized carbons (Fsp3) is 0.353. The summed E-state index contributed by atoms with van der Waals surface area (Å²) in [5, 5.41) is 42.7. The molecule has 0 amide bonds. The first-order valence-electron chi connectivity index (χ1n) is 8.64. The summed E-state index contributed by atoms with van der Waals surface area (Å²) in [5.74, 6) is 0. The average Bonchev–Trinajstić information content (AvgIpc) is 3.40. The van der Waals surface area contributed by atoms with Crippen molar-refractivity contribution in [3.63, 3.8) is 0 Å². The zero-order valence-electron chi connectivity index (χ0n) is 15.0. The Hall–Kier alpha value is -0.950. The number of ether oxygens (including phenoxy) is 1. The minimum Gasteiger partial charge on any atom is -0.394 e. The minimum absolute atomic E-state index is 0.228. The maximum Gasteiger partial charge on any atom is 0.145 e. The maximum atomic E-state index is 11.0. The zero-order chi connectivity index (χ0) is 21.4. The van der Waals surface area contributed by atoms with Crippen molar-refractivity contribution in [2.24, 2.45) is 0 Å². The van der Waals surface area contributed by atoms with E-state index in [1.54, 1.807) is 24.5 Å². The van der Waals surface area contributed by atoms with Crippen molar-refractivity contribution in [3.8, 4) is 10.7 Å². The normalized spacial score (nSPS) is 26.8. The molecule has 1 aromatic carbocycles. The van der Waals surface area contributed by atoms with Crippen molar-refractivity contribution >= 4 is 57.9 Å². The second-order valence-electron chi connectivity index (χ2n) is 6.44. The van der Waals surface area contributed by atoms with E-state index in [1.807, 2.05) is 5.38 Å². The maximum absolute atomic E-state index is 11.0. The molecular weight excluding hydrogens is 495 g/mol. The van der Waals surface area contributed by atoms with Crippen molar-refractivity contribution < 1.29 is 20.1 Å². The van der Waals surface area contributed by atoms with E-state index in [1.165, 1.54) is 16.0 Å². The number of benzene rings is 1. The van der Waals surface area contributed by atoms with Gasteiger partial charge in [0.05, 0.1) is 27.9 Å².